The highest BCUT2D eigenvalue weighted by Crippen LogP contribution is 2.61. The lowest BCUT2D eigenvalue weighted by Gasteiger charge is -2.47. The summed E-state index contributed by atoms with van der Waals surface area (Å²) in [5.41, 5.74) is 4.21. The number of nitrogens with zero attached hydrogens (tertiary/aromatic N) is 2. The average molecular weight is 455 g/mol. The molecule has 0 radical (unpaired) electrons. The lowest BCUT2D eigenvalue weighted by atomic mass is 9.60. The Labute approximate surface area is 192 Å². The summed E-state index contributed by atoms with van der Waals surface area (Å²) in [6, 6.07) is 9.81. The number of carbonyl (C=O) groups excluding carboxylic acids is 1. The molecule has 2 aromatic rings. The van der Waals surface area contributed by atoms with Gasteiger partial charge in [0.05, 0.1) is 17.6 Å². The van der Waals surface area contributed by atoms with Crippen molar-refractivity contribution in [3.8, 4) is 5.69 Å². The molecule has 0 amide bonds. The fourth-order valence-electron chi connectivity index (χ4n) is 5.94. The monoisotopic (exact) mass is 454 g/mol. The highest BCUT2D eigenvalue weighted by Gasteiger charge is 2.56. The van der Waals surface area contributed by atoms with E-state index in [2.05, 4.69) is 38.9 Å². The molecule has 172 valence electrons. The van der Waals surface area contributed by atoms with Gasteiger partial charge in [-0.3, -0.25) is 0 Å². The second-order valence-electron chi connectivity index (χ2n) is 9.81. The summed E-state index contributed by atoms with van der Waals surface area (Å²) >= 11 is 0. The largest absolute Gasteiger partial charge is 0.416 e. The maximum atomic E-state index is 13.4. The van der Waals surface area contributed by atoms with Crippen LogP contribution in [0.4, 0.5) is 4.39 Å². The quantitative estimate of drug-likeness (QED) is 0.328. The van der Waals surface area contributed by atoms with E-state index in [1.807, 2.05) is 10.9 Å². The number of benzene rings is 1. The third-order valence-corrected chi connectivity index (χ3v) is 13.2. The molecule has 1 aromatic heterocycles. The minimum Gasteiger partial charge on any atom is -0.416 e. The first-order valence-corrected chi connectivity index (χ1v) is 14.5. The van der Waals surface area contributed by atoms with Crippen LogP contribution in [-0.4, -0.2) is 31.0 Å². The molecule has 32 heavy (non-hydrogen) atoms. The Kier molecular flexibility index (Phi) is 6.29. The Morgan fingerprint density at radius 3 is 2.50 bits per heavy atom. The number of carbonyl (C=O) groups is 1. The number of hydrogen-bond acceptors (Lipinski definition) is 3. The van der Waals surface area contributed by atoms with E-state index in [1.165, 1.54) is 23.3 Å². The standard InChI is InChI=1S/C26H35FN2O2Si/c1-5-32(6-2,7-3)31-19-26(14-15-30)13-12-21-16-24-20(17-25(21,26)4)18-28-29(24)23-10-8-22(27)9-11-23/h8-11,15-16,18H,5-7,12-14,17,19H2,1-4H3/t25-,26-/m0/s1. The zero-order valence-corrected chi connectivity index (χ0v) is 20.8. The minimum absolute atomic E-state index is 0.118. The van der Waals surface area contributed by atoms with Crippen molar-refractivity contribution in [2.45, 2.75) is 71.5 Å². The zero-order chi connectivity index (χ0) is 23.0. The third-order valence-electron chi connectivity index (χ3n) is 8.63. The van der Waals surface area contributed by atoms with Gasteiger partial charge in [-0.25, -0.2) is 9.07 Å². The van der Waals surface area contributed by atoms with Crippen molar-refractivity contribution in [2.24, 2.45) is 10.8 Å². The van der Waals surface area contributed by atoms with Gasteiger partial charge in [-0.05, 0) is 73.3 Å². The van der Waals surface area contributed by atoms with Crippen LogP contribution in [0.2, 0.25) is 18.1 Å². The van der Waals surface area contributed by atoms with Gasteiger partial charge in [-0.15, -0.1) is 0 Å². The number of fused-ring (bicyclic) bond motifs is 2. The maximum Gasteiger partial charge on any atom is 0.192 e. The van der Waals surface area contributed by atoms with Gasteiger partial charge in [0.2, 0.25) is 0 Å². The Hall–Kier alpha value is -2.05. The topological polar surface area (TPSA) is 44.1 Å². The van der Waals surface area contributed by atoms with Gasteiger partial charge in [-0.2, -0.15) is 5.10 Å². The summed E-state index contributed by atoms with van der Waals surface area (Å²) in [5, 5.41) is 4.63. The molecular formula is C26H35FN2O2Si. The van der Waals surface area contributed by atoms with Crippen molar-refractivity contribution < 1.29 is 13.6 Å². The molecule has 0 aliphatic heterocycles. The van der Waals surface area contributed by atoms with Gasteiger partial charge in [0.1, 0.15) is 12.1 Å². The smallest absolute Gasteiger partial charge is 0.192 e. The molecular weight excluding hydrogens is 419 g/mol. The number of aldehydes is 1. The van der Waals surface area contributed by atoms with Crippen LogP contribution >= 0.6 is 0 Å². The molecule has 0 spiro atoms. The fourth-order valence-corrected chi connectivity index (χ4v) is 8.63. The second kappa shape index (κ2) is 8.71. The third kappa shape index (κ3) is 3.61. The van der Waals surface area contributed by atoms with Crippen LogP contribution in [0.15, 0.2) is 36.0 Å². The first-order valence-electron chi connectivity index (χ1n) is 12.0. The van der Waals surface area contributed by atoms with Crippen molar-refractivity contribution in [1.82, 2.24) is 9.78 Å². The lowest BCUT2D eigenvalue weighted by molar-refractivity contribution is -0.112. The molecule has 0 unspecified atom stereocenters. The summed E-state index contributed by atoms with van der Waals surface area (Å²) in [6.45, 7) is 9.75. The molecule has 0 saturated heterocycles. The number of aromatic nitrogens is 2. The zero-order valence-electron chi connectivity index (χ0n) is 19.8. The van der Waals surface area contributed by atoms with Crippen molar-refractivity contribution in [3.05, 3.63) is 53.1 Å². The van der Waals surface area contributed by atoms with Crippen LogP contribution in [0.25, 0.3) is 11.8 Å². The molecule has 1 aromatic carbocycles. The molecule has 0 N–H and O–H groups in total. The predicted molar refractivity (Wildman–Crippen MR) is 129 cm³/mol. The highest BCUT2D eigenvalue weighted by atomic mass is 28.4. The van der Waals surface area contributed by atoms with E-state index in [4.69, 9.17) is 4.43 Å². The summed E-state index contributed by atoms with van der Waals surface area (Å²) in [6.07, 6.45) is 8.64. The van der Waals surface area contributed by atoms with Crippen molar-refractivity contribution in [2.75, 3.05) is 6.61 Å². The summed E-state index contributed by atoms with van der Waals surface area (Å²) in [7, 11) is -1.75. The SMILES string of the molecule is CC[Si](CC)(CC)OC[C@@]1(CC=O)CCC2=Cc3c(cnn3-c3ccc(F)cc3)C[C@@]21C. The van der Waals surface area contributed by atoms with Crippen LogP contribution in [0.1, 0.15) is 58.2 Å². The molecule has 0 bridgehead atoms. The molecule has 1 saturated carbocycles. The van der Waals surface area contributed by atoms with Gasteiger partial charge < -0.3 is 9.22 Å². The van der Waals surface area contributed by atoms with Gasteiger partial charge in [0.25, 0.3) is 0 Å². The Balaban J connectivity index is 1.69. The van der Waals surface area contributed by atoms with E-state index < -0.39 is 8.32 Å². The van der Waals surface area contributed by atoms with Gasteiger partial charge in [0.15, 0.2) is 8.32 Å². The van der Waals surface area contributed by atoms with E-state index in [1.54, 1.807) is 12.1 Å². The molecule has 4 nitrogen and oxygen atoms in total. The first kappa shape index (κ1) is 23.1. The number of rotatable bonds is 9. The van der Waals surface area contributed by atoms with E-state index in [9.17, 15) is 9.18 Å². The Bertz CT molecular complexity index is 1000. The van der Waals surface area contributed by atoms with E-state index in [0.717, 1.165) is 55.1 Å². The van der Waals surface area contributed by atoms with Gasteiger partial charge >= 0.3 is 0 Å². The van der Waals surface area contributed by atoms with Crippen LogP contribution < -0.4 is 0 Å². The molecule has 1 fully saturated rings. The van der Waals surface area contributed by atoms with Crippen molar-refractivity contribution in [3.63, 3.8) is 0 Å². The van der Waals surface area contributed by atoms with E-state index in [-0.39, 0.29) is 16.6 Å². The predicted octanol–water partition coefficient (Wildman–Crippen LogP) is 6.35. The summed E-state index contributed by atoms with van der Waals surface area (Å²) in [5.74, 6) is -0.249. The molecule has 2 aliphatic rings. The van der Waals surface area contributed by atoms with E-state index >= 15 is 0 Å². The summed E-state index contributed by atoms with van der Waals surface area (Å²) < 4.78 is 22.1. The van der Waals surface area contributed by atoms with Gasteiger partial charge in [-0.1, -0.05) is 33.3 Å². The van der Waals surface area contributed by atoms with Crippen molar-refractivity contribution >= 4 is 20.7 Å². The Morgan fingerprint density at radius 1 is 1.19 bits per heavy atom. The number of hydrogen-bond donors (Lipinski definition) is 0. The Morgan fingerprint density at radius 2 is 1.88 bits per heavy atom. The normalized spacial score (nSPS) is 24.7. The van der Waals surface area contributed by atoms with Crippen LogP contribution in [0.3, 0.4) is 0 Å². The summed E-state index contributed by atoms with van der Waals surface area (Å²) in [4.78, 5) is 11.9. The first-order chi connectivity index (χ1) is 15.4. The highest BCUT2D eigenvalue weighted by molar-refractivity contribution is 6.73. The number of allylic oxidation sites excluding steroid dienone is 1. The van der Waals surface area contributed by atoms with Crippen molar-refractivity contribution in [1.29, 1.82) is 0 Å². The van der Waals surface area contributed by atoms with Gasteiger partial charge in [0, 0.05) is 23.9 Å². The fraction of sp³-hybridized carbons (Fsp3) is 0.538. The molecule has 2 atom stereocenters. The number of halogens is 1. The lowest BCUT2D eigenvalue weighted by Crippen LogP contribution is -2.47. The minimum atomic E-state index is -1.75. The van der Waals surface area contributed by atoms with Crippen LogP contribution in [0.5, 0.6) is 0 Å². The molecule has 4 rings (SSSR count). The molecule has 2 aliphatic carbocycles. The molecule has 1 heterocycles. The average Bonchev–Trinajstić information content (AvgIpc) is 3.32. The van der Waals surface area contributed by atoms with Crippen LogP contribution in [-0.2, 0) is 15.6 Å². The van der Waals surface area contributed by atoms with E-state index in [0.29, 0.717) is 13.0 Å². The van der Waals surface area contributed by atoms with Crippen LogP contribution in [0, 0.1) is 16.6 Å². The maximum absolute atomic E-state index is 13.4. The molecule has 6 heteroatoms. The second-order valence-corrected chi connectivity index (χ2v) is 14.6.